The van der Waals surface area contributed by atoms with Crippen LogP contribution in [-0.4, -0.2) is 29.2 Å². The average Bonchev–Trinajstić information content (AvgIpc) is 2.18. The molecule has 1 aliphatic rings. The number of ether oxygens (including phenoxy) is 1. The molecule has 1 unspecified atom stereocenters. The summed E-state index contributed by atoms with van der Waals surface area (Å²) in [5.74, 6) is -0.255. The molecule has 0 bridgehead atoms. The summed E-state index contributed by atoms with van der Waals surface area (Å²) in [5, 5.41) is 19.8. The lowest BCUT2D eigenvalue weighted by Crippen LogP contribution is -2.39. The molecule has 0 amide bonds. The Hall–Kier alpha value is -1.69. The third-order valence-corrected chi connectivity index (χ3v) is 2.05. The molecule has 0 spiro atoms. The Morgan fingerprint density at radius 1 is 1.79 bits per heavy atom. The number of aliphatic hydroxyl groups excluding tert-OH is 1. The van der Waals surface area contributed by atoms with Crippen LogP contribution in [-0.2, 0) is 9.53 Å². The minimum Gasteiger partial charge on any atom is -0.508 e. The predicted molar refractivity (Wildman–Crippen MR) is 46.2 cm³/mol. The van der Waals surface area contributed by atoms with Gasteiger partial charge in [0.25, 0.3) is 0 Å². The Balaban J connectivity index is 3.12. The standard InChI is InChI=1S/C8H9NO5/c1-14-8(9(12)13)3-2-7(11)6(4-8)5-10/h2,4-5,11H,3H2,1H3. The Morgan fingerprint density at radius 3 is 2.86 bits per heavy atom. The Kier molecular flexibility index (Phi) is 2.66. The molecule has 0 aromatic heterocycles. The van der Waals surface area contributed by atoms with Crippen molar-refractivity contribution in [1.29, 1.82) is 0 Å². The van der Waals surface area contributed by atoms with Gasteiger partial charge in [-0.25, -0.2) is 0 Å². The Bertz CT molecular complexity index is 333. The van der Waals surface area contributed by atoms with E-state index in [1.54, 1.807) is 0 Å². The maximum absolute atomic E-state index is 10.7. The van der Waals surface area contributed by atoms with Gasteiger partial charge in [0.05, 0.1) is 16.9 Å². The number of hydrogen-bond acceptors (Lipinski definition) is 5. The highest BCUT2D eigenvalue weighted by Gasteiger charge is 2.43. The molecule has 0 saturated heterocycles. The van der Waals surface area contributed by atoms with Crippen molar-refractivity contribution in [3.05, 3.63) is 33.6 Å². The summed E-state index contributed by atoms with van der Waals surface area (Å²) >= 11 is 0. The van der Waals surface area contributed by atoms with E-state index in [0.29, 0.717) is 6.29 Å². The number of nitrogens with zero attached hydrogens (tertiary/aromatic N) is 1. The Morgan fingerprint density at radius 2 is 2.43 bits per heavy atom. The fourth-order valence-corrected chi connectivity index (χ4v) is 1.18. The summed E-state index contributed by atoms with van der Waals surface area (Å²) in [6, 6.07) is 0. The number of methoxy groups -OCH3 is 1. The van der Waals surface area contributed by atoms with Gasteiger partial charge in [0, 0.05) is 13.2 Å². The first-order valence-corrected chi connectivity index (χ1v) is 3.83. The van der Waals surface area contributed by atoms with Crippen molar-refractivity contribution in [3.8, 4) is 0 Å². The molecule has 76 valence electrons. The van der Waals surface area contributed by atoms with Crippen LogP contribution >= 0.6 is 0 Å². The highest BCUT2D eigenvalue weighted by atomic mass is 16.7. The zero-order valence-electron chi connectivity index (χ0n) is 7.47. The number of aliphatic hydroxyl groups is 1. The molecule has 14 heavy (non-hydrogen) atoms. The molecule has 1 N–H and O–H groups in total. The third kappa shape index (κ3) is 1.51. The van der Waals surface area contributed by atoms with Crippen molar-refractivity contribution in [2.75, 3.05) is 7.11 Å². The molecular formula is C8H9NO5. The van der Waals surface area contributed by atoms with Gasteiger partial charge in [-0.1, -0.05) is 0 Å². The van der Waals surface area contributed by atoms with Crippen molar-refractivity contribution in [2.24, 2.45) is 0 Å². The highest BCUT2D eigenvalue weighted by molar-refractivity contribution is 5.79. The van der Waals surface area contributed by atoms with Crippen molar-refractivity contribution in [2.45, 2.75) is 12.1 Å². The molecule has 1 atom stereocenters. The van der Waals surface area contributed by atoms with Crippen LogP contribution in [0.5, 0.6) is 0 Å². The highest BCUT2D eigenvalue weighted by Crippen LogP contribution is 2.27. The van der Waals surface area contributed by atoms with Gasteiger partial charge in [0.2, 0.25) is 0 Å². The van der Waals surface area contributed by atoms with Gasteiger partial charge in [-0.05, 0) is 6.08 Å². The van der Waals surface area contributed by atoms with E-state index in [1.807, 2.05) is 0 Å². The Labute approximate surface area is 79.6 Å². The summed E-state index contributed by atoms with van der Waals surface area (Å²) < 4.78 is 4.73. The maximum atomic E-state index is 10.7. The topological polar surface area (TPSA) is 89.7 Å². The van der Waals surface area contributed by atoms with E-state index in [4.69, 9.17) is 9.84 Å². The zero-order valence-corrected chi connectivity index (χ0v) is 7.47. The maximum Gasteiger partial charge on any atom is 0.348 e. The van der Waals surface area contributed by atoms with Crippen LogP contribution in [0.2, 0.25) is 0 Å². The van der Waals surface area contributed by atoms with Gasteiger partial charge < -0.3 is 9.84 Å². The molecule has 6 nitrogen and oxygen atoms in total. The number of carbonyl (C=O) groups excluding carboxylic acids is 1. The lowest BCUT2D eigenvalue weighted by atomic mass is 9.99. The fraction of sp³-hybridized carbons (Fsp3) is 0.375. The lowest BCUT2D eigenvalue weighted by Gasteiger charge is -2.22. The molecule has 0 saturated carbocycles. The van der Waals surface area contributed by atoms with Crippen LogP contribution in [0.3, 0.4) is 0 Å². The van der Waals surface area contributed by atoms with E-state index in [9.17, 15) is 14.9 Å². The smallest absolute Gasteiger partial charge is 0.348 e. The van der Waals surface area contributed by atoms with E-state index in [2.05, 4.69) is 0 Å². The molecule has 6 heteroatoms. The van der Waals surface area contributed by atoms with Gasteiger partial charge in [-0.15, -0.1) is 0 Å². The number of rotatable bonds is 3. The van der Waals surface area contributed by atoms with Crippen molar-refractivity contribution >= 4 is 6.29 Å². The summed E-state index contributed by atoms with van der Waals surface area (Å²) in [6.45, 7) is 0. The quantitative estimate of drug-likeness (QED) is 0.310. The molecule has 0 radical (unpaired) electrons. The van der Waals surface area contributed by atoms with Crippen LogP contribution in [0.15, 0.2) is 23.5 Å². The molecule has 0 aliphatic heterocycles. The van der Waals surface area contributed by atoms with E-state index < -0.39 is 10.6 Å². The fourth-order valence-electron chi connectivity index (χ4n) is 1.18. The molecule has 0 aromatic carbocycles. The van der Waals surface area contributed by atoms with Crippen molar-refractivity contribution in [1.82, 2.24) is 0 Å². The van der Waals surface area contributed by atoms with Crippen molar-refractivity contribution < 1.29 is 19.6 Å². The van der Waals surface area contributed by atoms with Crippen LogP contribution in [0.25, 0.3) is 0 Å². The van der Waals surface area contributed by atoms with Gasteiger partial charge >= 0.3 is 5.72 Å². The number of nitro groups is 1. The van der Waals surface area contributed by atoms with Crippen LogP contribution in [0, 0.1) is 10.1 Å². The molecule has 1 aliphatic carbocycles. The molecular weight excluding hydrogens is 190 g/mol. The molecule has 0 fully saturated rings. The minimum atomic E-state index is -1.73. The largest absolute Gasteiger partial charge is 0.508 e. The second-order valence-corrected chi connectivity index (χ2v) is 2.82. The van der Waals surface area contributed by atoms with Crippen LogP contribution in [0.4, 0.5) is 0 Å². The second kappa shape index (κ2) is 3.59. The average molecular weight is 199 g/mol. The minimum absolute atomic E-state index is 0.0975. The third-order valence-electron chi connectivity index (χ3n) is 2.05. The van der Waals surface area contributed by atoms with Gasteiger partial charge in [0.15, 0.2) is 6.29 Å². The summed E-state index contributed by atoms with van der Waals surface area (Å²) in [6.07, 6.45) is 2.45. The number of aldehydes is 1. The van der Waals surface area contributed by atoms with Crippen LogP contribution in [0.1, 0.15) is 6.42 Å². The van der Waals surface area contributed by atoms with Crippen LogP contribution < -0.4 is 0 Å². The molecule has 0 heterocycles. The predicted octanol–water partition coefficient (Wildman–Crippen LogP) is 0.577. The summed E-state index contributed by atoms with van der Waals surface area (Å²) in [5.41, 5.74) is -1.86. The molecule has 1 rings (SSSR count). The number of allylic oxidation sites excluding steroid dienone is 1. The zero-order chi connectivity index (χ0) is 10.8. The normalized spacial score (nSPS) is 26.4. The SMILES string of the molecule is COC1([N+](=O)[O-])C=C(C=O)C(O)=CC1. The monoisotopic (exact) mass is 199 g/mol. The number of carbonyl (C=O) groups is 1. The van der Waals surface area contributed by atoms with Gasteiger partial charge in [0.1, 0.15) is 5.76 Å². The lowest BCUT2D eigenvalue weighted by molar-refractivity contribution is -0.610. The van der Waals surface area contributed by atoms with Gasteiger partial charge in [-0.3, -0.25) is 14.9 Å². The van der Waals surface area contributed by atoms with Gasteiger partial charge in [-0.2, -0.15) is 0 Å². The van der Waals surface area contributed by atoms with Crippen molar-refractivity contribution in [3.63, 3.8) is 0 Å². The first-order valence-electron chi connectivity index (χ1n) is 3.83. The van der Waals surface area contributed by atoms with E-state index in [0.717, 1.165) is 6.08 Å². The molecule has 0 aromatic rings. The summed E-state index contributed by atoms with van der Waals surface area (Å²) in [4.78, 5) is 20.5. The first kappa shape index (κ1) is 10.4. The van der Waals surface area contributed by atoms with E-state index >= 15 is 0 Å². The van der Waals surface area contributed by atoms with E-state index in [1.165, 1.54) is 13.2 Å². The second-order valence-electron chi connectivity index (χ2n) is 2.82. The number of hydrogen-bond donors (Lipinski definition) is 1. The first-order chi connectivity index (χ1) is 6.55. The van der Waals surface area contributed by atoms with E-state index in [-0.39, 0.29) is 17.8 Å². The summed E-state index contributed by atoms with van der Waals surface area (Å²) in [7, 11) is 1.18.